The lowest BCUT2D eigenvalue weighted by atomic mass is 10.0. The molecule has 2 aromatic carbocycles. The molecule has 6 heteroatoms. The minimum Gasteiger partial charge on any atom is -0.481 e. The number of aliphatic carboxylic acids is 1. The number of unbranched alkanes of at least 4 members (excludes halogenated alkanes) is 3. The Kier molecular flexibility index (Phi) is 8.77. The van der Waals surface area contributed by atoms with Crippen LogP contribution in [0.1, 0.15) is 61.5 Å². The second-order valence-electron chi connectivity index (χ2n) is 8.52. The monoisotopic (exact) mass is 473 g/mol. The Morgan fingerprint density at radius 3 is 2.34 bits per heavy atom. The van der Waals surface area contributed by atoms with Gasteiger partial charge in [-0.25, -0.2) is 0 Å². The molecule has 0 spiro atoms. The quantitative estimate of drug-likeness (QED) is 0.294. The Bertz CT molecular complexity index is 1090. The molecule has 0 fully saturated rings. The molecule has 1 aromatic heterocycles. The molecule has 3 aromatic rings. The molecule has 170 valence electrons. The number of rotatable bonds is 11. The highest BCUT2D eigenvalue weighted by molar-refractivity contribution is 6.31. The molecule has 0 unspecified atom stereocenters. The lowest BCUT2D eigenvalue weighted by Crippen LogP contribution is -2.18. The van der Waals surface area contributed by atoms with E-state index in [9.17, 15) is 9.59 Å². The van der Waals surface area contributed by atoms with Crippen molar-refractivity contribution in [2.75, 3.05) is 0 Å². The van der Waals surface area contributed by atoms with Gasteiger partial charge in [0.25, 0.3) is 0 Å². The molecule has 0 aliphatic heterocycles. The van der Waals surface area contributed by atoms with Gasteiger partial charge in [-0.1, -0.05) is 61.2 Å². The number of carboxylic acids is 1. The number of aryl methyl sites for hydroxylation is 2. The van der Waals surface area contributed by atoms with Crippen LogP contribution in [0.15, 0.2) is 48.5 Å². The first kappa shape index (κ1) is 24.3. The van der Waals surface area contributed by atoms with Crippen molar-refractivity contribution in [3.63, 3.8) is 0 Å². The van der Waals surface area contributed by atoms with E-state index in [0.29, 0.717) is 5.02 Å². The second-order valence-corrected chi connectivity index (χ2v) is 9.39. The number of carbonyl (C=O) groups excluding carboxylic acids is 1. The maximum atomic E-state index is 13.1. The van der Waals surface area contributed by atoms with Crippen molar-refractivity contribution in [3.05, 3.63) is 69.8 Å². The Morgan fingerprint density at radius 1 is 0.906 bits per heavy atom. The number of halogens is 2. The third kappa shape index (κ3) is 6.85. The van der Waals surface area contributed by atoms with Gasteiger partial charge in [0.05, 0.1) is 5.52 Å². The molecule has 0 bridgehead atoms. The fourth-order valence-corrected chi connectivity index (χ4v) is 4.53. The molecule has 3 rings (SSSR count). The summed E-state index contributed by atoms with van der Waals surface area (Å²) in [6, 6.07) is 15.6. The lowest BCUT2D eigenvalue weighted by Gasteiger charge is -2.13. The van der Waals surface area contributed by atoms with E-state index >= 15 is 0 Å². The number of carboxylic acid groups (broad SMARTS) is 1. The standard InChI is InChI=1S/C26H29Cl2NO3/c1-18(14-26(31)32)13-25(30)29-23(16-20-11-12-22(28)17-24(20)29)10-5-3-2-4-7-19-8-6-9-21(27)15-19/h6,8-9,11-12,15-18H,2-5,7,10,13-14H2,1H3,(H,31,32)/t18-/m0/s1. The first-order chi connectivity index (χ1) is 15.3. The van der Waals surface area contributed by atoms with E-state index in [1.165, 1.54) is 5.56 Å². The van der Waals surface area contributed by atoms with E-state index in [1.807, 2.05) is 36.4 Å². The van der Waals surface area contributed by atoms with E-state index in [1.54, 1.807) is 11.5 Å². The van der Waals surface area contributed by atoms with Gasteiger partial charge < -0.3 is 5.11 Å². The summed E-state index contributed by atoms with van der Waals surface area (Å²) in [6.45, 7) is 1.80. The minimum atomic E-state index is -0.885. The Hall–Kier alpha value is -2.30. The lowest BCUT2D eigenvalue weighted by molar-refractivity contribution is -0.137. The van der Waals surface area contributed by atoms with Crippen LogP contribution in [0.4, 0.5) is 0 Å². The highest BCUT2D eigenvalue weighted by Gasteiger charge is 2.19. The zero-order valence-corrected chi connectivity index (χ0v) is 19.8. The maximum absolute atomic E-state index is 13.1. The van der Waals surface area contributed by atoms with Crippen molar-refractivity contribution >= 4 is 46.0 Å². The van der Waals surface area contributed by atoms with Gasteiger partial charge in [0.2, 0.25) is 5.91 Å². The van der Waals surface area contributed by atoms with Crippen molar-refractivity contribution < 1.29 is 14.7 Å². The van der Waals surface area contributed by atoms with Crippen LogP contribution in [-0.2, 0) is 17.6 Å². The molecular formula is C26H29Cl2NO3. The number of carbonyl (C=O) groups is 2. The van der Waals surface area contributed by atoms with Crippen LogP contribution >= 0.6 is 23.2 Å². The number of benzene rings is 2. The third-order valence-corrected chi connectivity index (χ3v) is 6.15. The first-order valence-electron chi connectivity index (χ1n) is 11.1. The largest absolute Gasteiger partial charge is 0.481 e. The summed E-state index contributed by atoms with van der Waals surface area (Å²) in [5.41, 5.74) is 3.01. The highest BCUT2D eigenvalue weighted by Crippen LogP contribution is 2.26. The minimum absolute atomic E-state index is 0.0202. The predicted octanol–water partition coefficient (Wildman–Crippen LogP) is 7.43. The maximum Gasteiger partial charge on any atom is 0.303 e. The molecular weight excluding hydrogens is 445 g/mol. The molecule has 0 aliphatic carbocycles. The number of nitrogens with zero attached hydrogens (tertiary/aromatic N) is 1. The fourth-order valence-electron chi connectivity index (χ4n) is 4.15. The van der Waals surface area contributed by atoms with Gasteiger partial charge in [-0.15, -0.1) is 0 Å². The normalized spacial score (nSPS) is 12.2. The molecule has 0 amide bonds. The number of fused-ring (bicyclic) bond motifs is 1. The van der Waals surface area contributed by atoms with Crippen LogP contribution < -0.4 is 0 Å². The van der Waals surface area contributed by atoms with Crippen molar-refractivity contribution in [2.24, 2.45) is 5.92 Å². The SMILES string of the molecule is C[C@H](CC(=O)O)CC(=O)n1c(CCCCCCc2cccc(Cl)c2)cc2ccc(Cl)cc21. The van der Waals surface area contributed by atoms with Crippen LogP contribution in [-0.4, -0.2) is 21.6 Å². The fraction of sp³-hybridized carbons (Fsp3) is 0.385. The number of aromatic nitrogens is 1. The van der Waals surface area contributed by atoms with Crippen LogP contribution in [0.2, 0.25) is 10.0 Å². The van der Waals surface area contributed by atoms with E-state index in [2.05, 4.69) is 12.1 Å². The van der Waals surface area contributed by atoms with Crippen molar-refractivity contribution in [3.8, 4) is 0 Å². The summed E-state index contributed by atoms with van der Waals surface area (Å²) >= 11 is 12.2. The Labute approximate surface area is 199 Å². The molecule has 1 heterocycles. The van der Waals surface area contributed by atoms with E-state index in [-0.39, 0.29) is 24.7 Å². The zero-order chi connectivity index (χ0) is 23.1. The predicted molar refractivity (Wildman–Crippen MR) is 131 cm³/mol. The second kappa shape index (κ2) is 11.5. The molecule has 32 heavy (non-hydrogen) atoms. The third-order valence-electron chi connectivity index (χ3n) is 5.68. The van der Waals surface area contributed by atoms with Gasteiger partial charge in [0, 0.05) is 34.0 Å². The van der Waals surface area contributed by atoms with E-state index in [0.717, 1.165) is 60.1 Å². The average Bonchev–Trinajstić information content (AvgIpc) is 3.07. The smallest absolute Gasteiger partial charge is 0.303 e. The summed E-state index contributed by atoms with van der Waals surface area (Å²) in [4.78, 5) is 24.1. The molecule has 0 aliphatic rings. The summed E-state index contributed by atoms with van der Waals surface area (Å²) in [5, 5.41) is 11.4. The van der Waals surface area contributed by atoms with E-state index in [4.69, 9.17) is 28.3 Å². The Morgan fingerprint density at radius 2 is 1.62 bits per heavy atom. The van der Waals surface area contributed by atoms with E-state index < -0.39 is 5.97 Å². The molecule has 1 N–H and O–H groups in total. The van der Waals surface area contributed by atoms with Crippen molar-refractivity contribution in [1.29, 1.82) is 0 Å². The van der Waals surface area contributed by atoms with Crippen LogP contribution in [0.25, 0.3) is 10.9 Å². The zero-order valence-electron chi connectivity index (χ0n) is 18.3. The molecule has 0 radical (unpaired) electrons. The van der Waals surface area contributed by atoms with Crippen LogP contribution in [0, 0.1) is 5.92 Å². The van der Waals surface area contributed by atoms with Crippen molar-refractivity contribution in [1.82, 2.24) is 4.57 Å². The number of hydrogen-bond donors (Lipinski definition) is 1. The van der Waals surface area contributed by atoms with Gasteiger partial charge in [0.1, 0.15) is 0 Å². The highest BCUT2D eigenvalue weighted by atomic mass is 35.5. The molecule has 0 saturated carbocycles. The number of hydrogen-bond acceptors (Lipinski definition) is 2. The summed E-state index contributed by atoms with van der Waals surface area (Å²) in [7, 11) is 0. The first-order valence-corrected chi connectivity index (χ1v) is 11.9. The summed E-state index contributed by atoms with van der Waals surface area (Å²) in [5.74, 6) is -1.19. The van der Waals surface area contributed by atoms with Crippen LogP contribution in [0.5, 0.6) is 0 Å². The molecule has 1 atom stereocenters. The molecule has 0 saturated heterocycles. The van der Waals surface area contributed by atoms with Gasteiger partial charge in [-0.2, -0.15) is 0 Å². The van der Waals surface area contributed by atoms with Gasteiger partial charge in [0.15, 0.2) is 0 Å². The average molecular weight is 474 g/mol. The molecule has 4 nitrogen and oxygen atoms in total. The Balaban J connectivity index is 1.62. The van der Waals surface area contributed by atoms with Crippen molar-refractivity contribution in [2.45, 2.75) is 58.3 Å². The topological polar surface area (TPSA) is 59.3 Å². The summed E-state index contributed by atoms with van der Waals surface area (Å²) in [6.07, 6.45) is 6.25. The van der Waals surface area contributed by atoms with Gasteiger partial charge in [-0.3, -0.25) is 14.2 Å². The van der Waals surface area contributed by atoms with Gasteiger partial charge in [-0.05, 0) is 67.5 Å². The van der Waals surface area contributed by atoms with Gasteiger partial charge >= 0.3 is 5.97 Å². The van der Waals surface area contributed by atoms with Crippen LogP contribution in [0.3, 0.4) is 0 Å². The summed E-state index contributed by atoms with van der Waals surface area (Å²) < 4.78 is 1.74.